The van der Waals surface area contributed by atoms with Crippen LogP contribution in [-0.4, -0.2) is 158 Å². The smallest absolute Gasteiger partial charge is 0.239 e. The van der Waals surface area contributed by atoms with Gasteiger partial charge in [0.2, 0.25) is 17.5 Å². The van der Waals surface area contributed by atoms with Crippen LogP contribution >= 0.6 is 0 Å². The largest absolute Gasteiger partial charge is 0.507 e. The van der Waals surface area contributed by atoms with Gasteiger partial charge in [-0.2, -0.15) is 0 Å². The summed E-state index contributed by atoms with van der Waals surface area (Å²) in [7, 11) is 0. The number of hydrogen-bond donors (Lipinski definition) is 9. The molecule has 18 nitrogen and oxygen atoms in total. The number of morpholine rings is 1. The molecule has 0 aliphatic carbocycles. The average molecular weight is 724 g/mol. The van der Waals surface area contributed by atoms with Gasteiger partial charge in [0.15, 0.2) is 23.5 Å². The van der Waals surface area contributed by atoms with Crippen LogP contribution < -0.4 is 14.9 Å². The first-order valence-corrected chi connectivity index (χ1v) is 16.3. The molecule has 0 spiro atoms. The number of aliphatic hydroxyl groups excluding tert-OH is 6. The number of aromatic hydroxyl groups is 3. The van der Waals surface area contributed by atoms with Crippen molar-refractivity contribution in [2.75, 3.05) is 46.1 Å². The van der Waals surface area contributed by atoms with Crippen LogP contribution in [0.4, 0.5) is 0 Å². The number of rotatable bonds is 10. The Morgan fingerprint density at radius 1 is 0.804 bits per heavy atom. The van der Waals surface area contributed by atoms with Gasteiger partial charge in [-0.15, -0.1) is 0 Å². The second kappa shape index (κ2) is 15.4. The first-order valence-electron chi connectivity index (χ1n) is 16.3. The molecule has 9 N–H and O–H groups in total. The number of benzene rings is 2. The number of nitrogens with zero attached hydrogens (tertiary/aromatic N) is 1. The Morgan fingerprint density at radius 3 is 2.24 bits per heavy atom. The zero-order chi connectivity index (χ0) is 36.6. The van der Waals surface area contributed by atoms with E-state index < -0.39 is 96.4 Å². The van der Waals surface area contributed by atoms with Crippen LogP contribution in [0, 0.1) is 0 Å². The summed E-state index contributed by atoms with van der Waals surface area (Å²) in [4.78, 5) is 16.2. The number of fused-ring (bicyclic) bond motifs is 1. The maximum atomic E-state index is 14.0. The molecule has 3 saturated heterocycles. The first kappa shape index (κ1) is 37.0. The Bertz CT molecular complexity index is 1730. The normalized spacial score (nSPS) is 31.8. The molecule has 0 unspecified atom stereocenters. The molecule has 10 atom stereocenters. The number of hydrogen-bond acceptors (Lipinski definition) is 18. The highest BCUT2D eigenvalue weighted by atomic mass is 16.7. The van der Waals surface area contributed by atoms with Crippen LogP contribution in [0.25, 0.3) is 22.3 Å². The standard InChI is InChI=1S/C33H41NO17/c1-14-23(38)26(41)28(43)32(48-14)47-13-21-24(39)27(42)29(44)33(50-21)51-31-25(40)22-19(37)11-16(46-9-6-34-4-7-45-8-5-34)12-20(22)49-30(31)15-2-3-17(35)18(36)10-15/h2-3,10-12,14,21,23-24,26-29,32-33,35-39,41-44H,4-9,13H2,1H3/t14-,21+,23-,24+,26+,27-,28+,29+,32+,33-/m0/s1. The molecule has 18 heteroatoms. The lowest BCUT2D eigenvalue weighted by atomic mass is 9.98. The lowest BCUT2D eigenvalue weighted by Crippen LogP contribution is -2.61. The number of ether oxygens (including phenoxy) is 6. The van der Waals surface area contributed by atoms with E-state index in [1.54, 1.807) is 0 Å². The molecule has 51 heavy (non-hydrogen) atoms. The SMILES string of the molecule is C[C@@H]1O[C@@H](OC[C@H]2O[C@@H](Oc3c(-c4ccc(O)c(O)c4)oc4cc(OCCN5CCOCC5)cc(O)c4c3=O)[C@H](O)[C@@H](O)[C@@H]2O)[C@H](O)[C@H](O)[C@H]1O. The van der Waals surface area contributed by atoms with Crippen molar-refractivity contribution in [3.05, 3.63) is 40.6 Å². The van der Waals surface area contributed by atoms with Gasteiger partial charge in [-0.3, -0.25) is 9.69 Å². The Morgan fingerprint density at radius 2 is 1.51 bits per heavy atom. The van der Waals surface area contributed by atoms with Gasteiger partial charge in [-0.1, -0.05) is 0 Å². The Hall–Kier alpha value is -3.79. The van der Waals surface area contributed by atoms with Gasteiger partial charge in [-0.25, -0.2) is 0 Å². The molecule has 280 valence electrons. The molecule has 0 saturated carbocycles. The van der Waals surface area contributed by atoms with Crippen LogP contribution in [0.15, 0.2) is 39.5 Å². The molecule has 2 aromatic carbocycles. The lowest BCUT2D eigenvalue weighted by molar-refractivity contribution is -0.318. The maximum Gasteiger partial charge on any atom is 0.239 e. The maximum absolute atomic E-state index is 14.0. The van der Waals surface area contributed by atoms with Crippen LogP contribution in [0.5, 0.6) is 28.7 Å². The molecule has 0 amide bonds. The predicted octanol–water partition coefficient (Wildman–Crippen LogP) is -1.68. The lowest BCUT2D eigenvalue weighted by Gasteiger charge is -2.42. The predicted molar refractivity (Wildman–Crippen MR) is 171 cm³/mol. The number of phenolic OH excluding ortho intramolecular Hbond substituents is 3. The van der Waals surface area contributed by atoms with Crippen molar-refractivity contribution in [1.29, 1.82) is 0 Å². The van der Waals surface area contributed by atoms with E-state index in [9.17, 15) is 50.8 Å². The molecule has 0 radical (unpaired) electrons. The van der Waals surface area contributed by atoms with E-state index in [2.05, 4.69) is 4.90 Å². The second-order valence-corrected chi connectivity index (χ2v) is 12.6. The minimum atomic E-state index is -1.96. The van der Waals surface area contributed by atoms with Crippen molar-refractivity contribution < 1.29 is 78.8 Å². The van der Waals surface area contributed by atoms with Gasteiger partial charge in [0.05, 0.1) is 25.9 Å². The zero-order valence-electron chi connectivity index (χ0n) is 27.3. The van der Waals surface area contributed by atoms with E-state index in [0.29, 0.717) is 19.8 Å². The van der Waals surface area contributed by atoms with Crippen molar-refractivity contribution in [3.8, 4) is 40.1 Å². The van der Waals surface area contributed by atoms with E-state index >= 15 is 0 Å². The van der Waals surface area contributed by atoms with E-state index in [0.717, 1.165) is 25.2 Å². The van der Waals surface area contributed by atoms with Crippen LogP contribution in [0.3, 0.4) is 0 Å². The molecular formula is C33H41NO17. The molecule has 0 bridgehead atoms. The van der Waals surface area contributed by atoms with Crippen molar-refractivity contribution in [1.82, 2.24) is 4.90 Å². The van der Waals surface area contributed by atoms with Crippen molar-refractivity contribution in [2.24, 2.45) is 0 Å². The molecule has 6 rings (SSSR count). The van der Waals surface area contributed by atoms with Gasteiger partial charge >= 0.3 is 0 Å². The third-order valence-corrected chi connectivity index (χ3v) is 9.06. The molecular weight excluding hydrogens is 682 g/mol. The van der Waals surface area contributed by atoms with Gasteiger partial charge in [-0.05, 0) is 25.1 Å². The highest BCUT2D eigenvalue weighted by Gasteiger charge is 2.48. The number of aliphatic hydroxyl groups is 6. The van der Waals surface area contributed by atoms with Gasteiger partial charge in [0.25, 0.3) is 0 Å². The van der Waals surface area contributed by atoms with Crippen molar-refractivity contribution >= 4 is 11.0 Å². The van der Waals surface area contributed by atoms with Gasteiger partial charge in [0.1, 0.15) is 71.8 Å². The molecule has 3 aliphatic rings. The fourth-order valence-electron chi connectivity index (χ4n) is 6.03. The van der Waals surface area contributed by atoms with Crippen molar-refractivity contribution in [2.45, 2.75) is 68.3 Å². The molecule has 3 aromatic rings. The Balaban J connectivity index is 1.29. The van der Waals surface area contributed by atoms with Gasteiger partial charge in [0, 0.05) is 37.3 Å². The first-order chi connectivity index (χ1) is 24.3. The molecule has 3 aliphatic heterocycles. The van der Waals surface area contributed by atoms with Crippen LogP contribution in [0.1, 0.15) is 6.92 Å². The Kier molecular flexibility index (Phi) is 11.2. The van der Waals surface area contributed by atoms with E-state index in [-0.39, 0.29) is 34.6 Å². The summed E-state index contributed by atoms with van der Waals surface area (Å²) in [5, 5.41) is 93.3. The highest BCUT2D eigenvalue weighted by Crippen LogP contribution is 2.39. The monoisotopic (exact) mass is 723 g/mol. The minimum absolute atomic E-state index is 0.0153. The summed E-state index contributed by atoms with van der Waals surface area (Å²) in [6.07, 6.45) is -16.1. The minimum Gasteiger partial charge on any atom is -0.507 e. The fraction of sp³-hybridized carbons (Fsp3) is 0.545. The summed E-state index contributed by atoms with van der Waals surface area (Å²) in [5.41, 5.74) is -1.09. The third kappa shape index (κ3) is 7.71. The van der Waals surface area contributed by atoms with Crippen LogP contribution in [-0.2, 0) is 18.9 Å². The van der Waals surface area contributed by atoms with E-state index in [1.165, 1.54) is 25.1 Å². The highest BCUT2D eigenvalue weighted by molar-refractivity contribution is 5.88. The quantitative estimate of drug-likeness (QED) is 0.106. The molecule has 4 heterocycles. The fourth-order valence-corrected chi connectivity index (χ4v) is 6.03. The summed E-state index contributed by atoms with van der Waals surface area (Å²) in [5.74, 6) is -2.39. The van der Waals surface area contributed by atoms with E-state index in [1.807, 2.05) is 0 Å². The van der Waals surface area contributed by atoms with E-state index in [4.69, 9.17) is 32.8 Å². The topological polar surface area (TPSA) is 271 Å². The summed E-state index contributed by atoms with van der Waals surface area (Å²) in [6, 6.07) is 6.08. The van der Waals surface area contributed by atoms with Crippen molar-refractivity contribution in [3.63, 3.8) is 0 Å². The summed E-state index contributed by atoms with van der Waals surface area (Å²) < 4.78 is 39.7. The zero-order valence-corrected chi connectivity index (χ0v) is 27.3. The summed E-state index contributed by atoms with van der Waals surface area (Å²) >= 11 is 0. The number of phenols is 3. The second-order valence-electron chi connectivity index (χ2n) is 12.6. The van der Waals surface area contributed by atoms with Gasteiger partial charge < -0.3 is 78.8 Å². The molecule has 1 aromatic heterocycles. The average Bonchev–Trinajstić information content (AvgIpc) is 3.11. The van der Waals surface area contributed by atoms with Crippen LogP contribution in [0.2, 0.25) is 0 Å². The summed E-state index contributed by atoms with van der Waals surface area (Å²) in [6.45, 7) is 4.35. The third-order valence-electron chi connectivity index (χ3n) is 9.06. The molecule has 3 fully saturated rings. The Labute approximate surface area is 289 Å².